The molecule has 0 saturated carbocycles. The summed E-state index contributed by atoms with van der Waals surface area (Å²) in [5.41, 5.74) is 6.13. The van der Waals surface area contributed by atoms with Gasteiger partial charge in [0, 0.05) is 0 Å². The van der Waals surface area contributed by atoms with Crippen molar-refractivity contribution in [1.82, 2.24) is 0 Å². The van der Waals surface area contributed by atoms with Crippen LogP contribution in [0.4, 0.5) is 0 Å². The fourth-order valence-electron chi connectivity index (χ4n) is 5.75. The zero-order valence-corrected chi connectivity index (χ0v) is 27.2. The molecule has 183 valence electrons. The second-order valence-corrected chi connectivity index (χ2v) is 54.4. The fraction of sp³-hybridized carbons (Fsp3) is 0.714. The molecule has 0 aromatic carbocycles. The maximum atomic E-state index is 8.16. The number of unbranched alkanes of at least 4 members (excludes halogenated alkanes) is 2. The van der Waals surface area contributed by atoms with E-state index in [0.717, 1.165) is 25.7 Å². The number of hydrogen-bond donors (Lipinski definition) is 0. The predicted molar refractivity (Wildman–Crippen MR) is 148 cm³/mol. The van der Waals surface area contributed by atoms with Crippen LogP contribution in [0.1, 0.15) is 92.9 Å². The van der Waals surface area contributed by atoms with Gasteiger partial charge in [-0.1, -0.05) is 0 Å². The van der Waals surface area contributed by atoms with Crippen molar-refractivity contribution < 1.29 is 15.6 Å². The molecule has 0 aliphatic heterocycles. The van der Waals surface area contributed by atoms with Gasteiger partial charge in [-0.3, -0.25) is 0 Å². The quantitative estimate of drug-likeness (QED) is 0.192. The average molecular weight is 576 g/mol. The van der Waals surface area contributed by atoms with Crippen LogP contribution in [0.3, 0.4) is 0 Å². The summed E-state index contributed by atoms with van der Waals surface area (Å²) in [6.07, 6.45) is 19.7. The standard InChI is InChI=1S/2C13H21.C2H7Si.2ClH.Zr/c2*1-4-5-6-12-7-8-13(10-12)9-11(2)3;1-3-2;;;/h2*7-8,10-11H,4-6,9H2,1-3H3;3H,1-2H3;2*1H;/q;;;;;+2/p-2. The summed E-state index contributed by atoms with van der Waals surface area (Å²) in [5, 5.41) is 0. The maximum absolute atomic E-state index is 8.16. The second-order valence-electron chi connectivity index (χ2n) is 11.7. The van der Waals surface area contributed by atoms with Crippen LogP contribution in [0.25, 0.3) is 0 Å². The van der Waals surface area contributed by atoms with Gasteiger partial charge in [0.05, 0.1) is 0 Å². The Labute approximate surface area is 208 Å². The first-order chi connectivity index (χ1) is 14.9. The fourth-order valence-corrected chi connectivity index (χ4v) is 34.4. The first-order valence-electron chi connectivity index (χ1n) is 13.3. The molecule has 0 radical (unpaired) electrons. The van der Waals surface area contributed by atoms with Crippen molar-refractivity contribution >= 4 is 22.9 Å². The SMILES string of the molecule is CCCCC1=CC(CC(C)C)=C[CH]1[Zr]([Cl])([Cl])([CH]1C=C(CC(C)C)C=C1CCCC)[SiH](C)C. The Morgan fingerprint density at radius 3 is 1.44 bits per heavy atom. The molecule has 2 unspecified atom stereocenters. The molecular formula is C28H49Cl2SiZr. The third-order valence-electron chi connectivity index (χ3n) is 7.52. The molecule has 0 amide bonds. The molecule has 4 heteroatoms. The summed E-state index contributed by atoms with van der Waals surface area (Å²) in [7, 11) is 16.3. The normalized spacial score (nSPS) is 22.8. The van der Waals surface area contributed by atoms with E-state index in [1.54, 1.807) is 11.1 Å². The number of rotatable bonds is 13. The number of hydrogen-bond acceptors (Lipinski definition) is 0. The zero-order chi connectivity index (χ0) is 24.1. The topological polar surface area (TPSA) is 0 Å². The second kappa shape index (κ2) is 12.1. The Hall–Kier alpha value is 0.640. The molecule has 32 heavy (non-hydrogen) atoms. The first kappa shape index (κ1) is 28.9. The molecule has 2 atom stereocenters. The molecule has 0 fully saturated rings. The molecule has 0 N–H and O–H groups in total. The van der Waals surface area contributed by atoms with E-state index in [4.69, 9.17) is 17.0 Å². The summed E-state index contributed by atoms with van der Waals surface area (Å²) in [5.74, 6) is 0.00175. The van der Waals surface area contributed by atoms with Crippen molar-refractivity contribution in [2.24, 2.45) is 11.8 Å². The van der Waals surface area contributed by atoms with Gasteiger partial charge in [-0.2, -0.15) is 0 Å². The van der Waals surface area contributed by atoms with E-state index in [1.807, 2.05) is 0 Å². The van der Waals surface area contributed by atoms with E-state index in [1.165, 1.54) is 36.8 Å². The van der Waals surface area contributed by atoms with Gasteiger partial charge in [0.25, 0.3) is 0 Å². The van der Waals surface area contributed by atoms with Gasteiger partial charge < -0.3 is 0 Å². The van der Waals surface area contributed by atoms with Gasteiger partial charge in [0.2, 0.25) is 0 Å². The molecule has 0 heterocycles. The van der Waals surface area contributed by atoms with E-state index in [2.05, 4.69) is 78.9 Å². The molecule has 0 nitrogen and oxygen atoms in total. The van der Waals surface area contributed by atoms with Gasteiger partial charge in [0.15, 0.2) is 0 Å². The summed E-state index contributed by atoms with van der Waals surface area (Å²) in [4.78, 5) is 0. The summed E-state index contributed by atoms with van der Waals surface area (Å²) in [6.45, 7) is 18.8. The molecule has 0 aromatic heterocycles. The third-order valence-corrected chi connectivity index (χ3v) is 59.8. The zero-order valence-electron chi connectivity index (χ0n) is 22.1. The van der Waals surface area contributed by atoms with Gasteiger partial charge in [0.1, 0.15) is 0 Å². The van der Waals surface area contributed by atoms with E-state index < -0.39 is 21.5 Å². The number of allylic oxidation sites excluding steroid dienone is 8. The third kappa shape index (κ3) is 6.44. The van der Waals surface area contributed by atoms with Crippen molar-refractivity contribution in [3.05, 3.63) is 46.6 Å². The Balaban J connectivity index is 2.59. The Bertz CT molecular complexity index is 712. The van der Waals surface area contributed by atoms with Crippen LogP contribution in [-0.2, 0) is 15.6 Å². The summed E-state index contributed by atoms with van der Waals surface area (Å²) < 4.78 is 0.660. The molecule has 0 saturated heterocycles. The van der Waals surface area contributed by atoms with Crippen LogP contribution in [0.5, 0.6) is 0 Å². The Morgan fingerprint density at radius 1 is 0.781 bits per heavy atom. The first-order valence-corrected chi connectivity index (χ1v) is 29.6. The molecule has 2 rings (SSSR count). The average Bonchev–Trinajstić information content (AvgIpc) is 3.28. The van der Waals surface area contributed by atoms with Crippen molar-refractivity contribution in [2.75, 3.05) is 0 Å². The van der Waals surface area contributed by atoms with Crippen LogP contribution < -0.4 is 0 Å². The van der Waals surface area contributed by atoms with Crippen molar-refractivity contribution in [2.45, 2.75) is 113 Å². The summed E-state index contributed by atoms with van der Waals surface area (Å²) in [6, 6.07) is 0. The van der Waals surface area contributed by atoms with Gasteiger partial charge in [-0.05, 0) is 0 Å². The van der Waals surface area contributed by atoms with Crippen LogP contribution in [0.15, 0.2) is 46.6 Å². The van der Waals surface area contributed by atoms with Crippen molar-refractivity contribution in [3.8, 4) is 0 Å². The minimum absolute atomic E-state index is 0.330. The predicted octanol–water partition coefficient (Wildman–Crippen LogP) is 10.7. The van der Waals surface area contributed by atoms with Gasteiger partial charge in [-0.15, -0.1) is 0 Å². The molecule has 2 aliphatic carbocycles. The minimum atomic E-state index is -4.26. The molecule has 0 spiro atoms. The van der Waals surface area contributed by atoms with Crippen LogP contribution in [0, 0.1) is 11.8 Å². The molecule has 0 aromatic rings. The van der Waals surface area contributed by atoms with Crippen LogP contribution >= 0.6 is 17.0 Å². The van der Waals surface area contributed by atoms with E-state index >= 15 is 0 Å². The van der Waals surface area contributed by atoms with Crippen LogP contribution in [-0.4, -0.2) is 5.92 Å². The molecular weight excluding hydrogens is 527 g/mol. The van der Waals surface area contributed by atoms with E-state index in [0.29, 0.717) is 19.1 Å². The monoisotopic (exact) mass is 573 g/mol. The van der Waals surface area contributed by atoms with Crippen molar-refractivity contribution in [1.29, 1.82) is 0 Å². The number of halogens is 2. The van der Waals surface area contributed by atoms with E-state index in [9.17, 15) is 0 Å². The molecule has 2 aliphatic rings. The van der Waals surface area contributed by atoms with Gasteiger partial charge >= 0.3 is 210 Å². The summed E-state index contributed by atoms with van der Waals surface area (Å²) >= 11 is -4.26. The Kier molecular flexibility index (Phi) is 10.9. The van der Waals surface area contributed by atoms with Crippen molar-refractivity contribution in [3.63, 3.8) is 0 Å². The van der Waals surface area contributed by atoms with Gasteiger partial charge in [-0.25, -0.2) is 0 Å². The van der Waals surface area contributed by atoms with E-state index in [-0.39, 0.29) is 0 Å². The Morgan fingerprint density at radius 2 is 1.16 bits per heavy atom. The van der Waals surface area contributed by atoms with Crippen LogP contribution in [0.2, 0.25) is 20.3 Å². The molecule has 0 bridgehead atoms.